The van der Waals surface area contributed by atoms with Crippen molar-refractivity contribution < 1.29 is 14.6 Å². The van der Waals surface area contributed by atoms with Gasteiger partial charge in [-0.1, -0.05) is 23.7 Å². The smallest absolute Gasteiger partial charge is 0.306 e. The van der Waals surface area contributed by atoms with Crippen LogP contribution in [0.3, 0.4) is 0 Å². The summed E-state index contributed by atoms with van der Waals surface area (Å²) < 4.78 is 5.64. The second kappa shape index (κ2) is 6.68. The van der Waals surface area contributed by atoms with Crippen LogP contribution in [0.25, 0.3) is 10.9 Å². The molecule has 0 spiro atoms. The Bertz CT molecular complexity index is 987. The van der Waals surface area contributed by atoms with E-state index in [1.54, 1.807) is 0 Å². The minimum atomic E-state index is -0.550. The topological polar surface area (TPSA) is 59.4 Å². The Labute approximate surface area is 176 Å². The first-order chi connectivity index (χ1) is 13.7. The highest BCUT2D eigenvalue weighted by Crippen LogP contribution is 2.62. The first-order valence-corrected chi connectivity index (χ1v) is 11.1. The average Bonchev–Trinajstić information content (AvgIpc) is 2.61. The largest absolute Gasteiger partial charge is 0.461 e. The van der Waals surface area contributed by atoms with Gasteiger partial charge in [-0.15, -0.1) is 0 Å². The Morgan fingerprint density at radius 2 is 1.97 bits per heavy atom. The third kappa shape index (κ3) is 3.44. The molecule has 5 heteroatoms. The summed E-state index contributed by atoms with van der Waals surface area (Å²) in [6, 6.07) is 6.07. The number of halogens is 1. The van der Waals surface area contributed by atoms with E-state index in [0.29, 0.717) is 23.4 Å². The highest BCUT2D eigenvalue weighted by atomic mass is 35.5. The van der Waals surface area contributed by atoms with E-state index >= 15 is 0 Å². The lowest BCUT2D eigenvalue weighted by molar-refractivity contribution is -0.177. The van der Waals surface area contributed by atoms with E-state index < -0.39 is 5.60 Å². The number of pyridine rings is 1. The van der Waals surface area contributed by atoms with Crippen LogP contribution in [-0.2, 0) is 16.1 Å². The molecule has 4 nitrogen and oxygen atoms in total. The van der Waals surface area contributed by atoms with Gasteiger partial charge in [0.25, 0.3) is 0 Å². The first-order valence-electron chi connectivity index (χ1n) is 10.7. The van der Waals surface area contributed by atoms with E-state index in [-0.39, 0.29) is 18.0 Å². The van der Waals surface area contributed by atoms with Crippen molar-refractivity contribution in [3.05, 3.63) is 40.0 Å². The molecule has 4 saturated carbocycles. The number of esters is 1. The van der Waals surface area contributed by atoms with Crippen molar-refractivity contribution in [3.63, 3.8) is 0 Å². The molecule has 0 saturated heterocycles. The predicted molar refractivity (Wildman–Crippen MR) is 113 cm³/mol. The number of nitrogens with zero attached hydrogens (tertiary/aromatic N) is 1. The number of aliphatic hydroxyl groups is 1. The van der Waals surface area contributed by atoms with Crippen molar-refractivity contribution in [1.29, 1.82) is 0 Å². The Morgan fingerprint density at radius 1 is 1.24 bits per heavy atom. The molecule has 6 rings (SSSR count). The van der Waals surface area contributed by atoms with E-state index in [9.17, 15) is 9.90 Å². The Kier molecular flexibility index (Phi) is 4.45. The number of aryl methyl sites for hydroxylation is 2. The molecule has 1 aromatic carbocycles. The van der Waals surface area contributed by atoms with Crippen molar-refractivity contribution in [2.45, 2.75) is 71.0 Å². The summed E-state index contributed by atoms with van der Waals surface area (Å²) >= 11 is 6.39. The average molecular weight is 414 g/mol. The normalized spacial score (nSPS) is 32.7. The van der Waals surface area contributed by atoms with Gasteiger partial charge in [-0.3, -0.25) is 4.79 Å². The number of aromatic nitrogens is 1. The lowest BCUT2D eigenvalue weighted by atomic mass is 9.47. The van der Waals surface area contributed by atoms with Crippen LogP contribution in [0.2, 0.25) is 5.15 Å². The summed E-state index contributed by atoms with van der Waals surface area (Å²) in [5.41, 5.74) is 3.30. The van der Waals surface area contributed by atoms with Crippen LogP contribution in [0.4, 0.5) is 0 Å². The van der Waals surface area contributed by atoms with Crippen molar-refractivity contribution in [2.75, 3.05) is 0 Å². The zero-order valence-corrected chi connectivity index (χ0v) is 17.9. The highest BCUT2D eigenvalue weighted by Gasteiger charge is 2.57. The molecule has 1 aromatic heterocycles. The van der Waals surface area contributed by atoms with Crippen LogP contribution < -0.4 is 0 Å². The number of hydrogen-bond acceptors (Lipinski definition) is 4. The van der Waals surface area contributed by atoms with Gasteiger partial charge in [-0.2, -0.15) is 0 Å². The lowest BCUT2D eigenvalue weighted by Gasteiger charge is -2.60. The fourth-order valence-corrected chi connectivity index (χ4v) is 6.92. The van der Waals surface area contributed by atoms with Crippen LogP contribution in [0.1, 0.15) is 61.6 Å². The number of carbonyl (C=O) groups is 1. The quantitative estimate of drug-likeness (QED) is 0.548. The fraction of sp³-hybridized carbons (Fsp3) is 0.583. The summed E-state index contributed by atoms with van der Waals surface area (Å²) in [5.74, 6) is 0.951. The van der Waals surface area contributed by atoms with Gasteiger partial charge in [0.15, 0.2) is 0 Å². The third-order valence-electron chi connectivity index (χ3n) is 7.60. The summed E-state index contributed by atoms with van der Waals surface area (Å²) in [6.07, 6.45) is 6.30. The highest BCUT2D eigenvalue weighted by molar-refractivity contribution is 6.30. The molecule has 29 heavy (non-hydrogen) atoms. The van der Waals surface area contributed by atoms with Crippen LogP contribution in [0.5, 0.6) is 0 Å². The molecule has 0 radical (unpaired) electrons. The van der Waals surface area contributed by atoms with Crippen LogP contribution in [0.15, 0.2) is 18.2 Å². The summed E-state index contributed by atoms with van der Waals surface area (Å²) in [6.45, 7) is 4.24. The molecule has 2 unspecified atom stereocenters. The molecule has 4 atom stereocenters. The molecule has 1 heterocycles. The number of ether oxygens (including phenoxy) is 1. The maximum atomic E-state index is 12.7. The Balaban J connectivity index is 1.29. The second-order valence-electron chi connectivity index (χ2n) is 10.0. The van der Waals surface area contributed by atoms with Gasteiger partial charge in [0.1, 0.15) is 11.8 Å². The lowest BCUT2D eigenvalue weighted by Crippen LogP contribution is -2.56. The van der Waals surface area contributed by atoms with Gasteiger partial charge < -0.3 is 9.84 Å². The molecular weight excluding hydrogens is 386 g/mol. The standard InChI is InChI=1S/C24H28ClNO3/c1-14-3-4-18-6-19(22(25)26-21(18)15(14)2)12-29-20(27)11-23-7-16-5-17(8-23)10-24(28,9-16)13-23/h3-4,6,16-17,28H,5,7-13H2,1-2H3/t16-,17+,23?,24?. The second-order valence-corrected chi connectivity index (χ2v) is 10.4. The maximum absolute atomic E-state index is 12.7. The van der Waals surface area contributed by atoms with E-state index in [0.717, 1.165) is 54.1 Å². The van der Waals surface area contributed by atoms with Crippen molar-refractivity contribution in [2.24, 2.45) is 17.3 Å². The number of carbonyl (C=O) groups excluding carboxylic acids is 1. The summed E-state index contributed by atoms with van der Waals surface area (Å²) in [5, 5.41) is 12.3. The first kappa shape index (κ1) is 19.3. The zero-order valence-electron chi connectivity index (χ0n) is 17.1. The van der Waals surface area contributed by atoms with Gasteiger partial charge in [-0.05, 0) is 86.8 Å². The molecule has 4 bridgehead atoms. The van der Waals surface area contributed by atoms with Crippen LogP contribution >= 0.6 is 11.6 Å². The molecular formula is C24H28ClNO3. The van der Waals surface area contributed by atoms with Gasteiger partial charge in [-0.25, -0.2) is 4.98 Å². The predicted octanol–water partition coefficient (Wildman–Crippen LogP) is 5.27. The third-order valence-corrected chi connectivity index (χ3v) is 7.92. The molecule has 4 aliphatic rings. The molecule has 0 amide bonds. The van der Waals surface area contributed by atoms with Gasteiger partial charge in [0.05, 0.1) is 17.5 Å². The van der Waals surface area contributed by atoms with Gasteiger partial charge >= 0.3 is 5.97 Å². The number of benzene rings is 1. The van der Waals surface area contributed by atoms with E-state index in [4.69, 9.17) is 16.3 Å². The van der Waals surface area contributed by atoms with Crippen molar-refractivity contribution >= 4 is 28.5 Å². The number of hydrogen-bond donors (Lipinski definition) is 1. The fourth-order valence-electron chi connectivity index (χ4n) is 6.73. The van der Waals surface area contributed by atoms with E-state index in [1.165, 1.54) is 12.0 Å². The van der Waals surface area contributed by atoms with Crippen LogP contribution in [0, 0.1) is 31.1 Å². The maximum Gasteiger partial charge on any atom is 0.306 e. The summed E-state index contributed by atoms with van der Waals surface area (Å²) in [7, 11) is 0. The molecule has 4 fully saturated rings. The van der Waals surface area contributed by atoms with Crippen molar-refractivity contribution in [1.82, 2.24) is 4.98 Å². The van der Waals surface area contributed by atoms with E-state index in [2.05, 4.69) is 18.0 Å². The minimum Gasteiger partial charge on any atom is -0.461 e. The van der Waals surface area contributed by atoms with Crippen molar-refractivity contribution in [3.8, 4) is 0 Å². The molecule has 154 valence electrons. The van der Waals surface area contributed by atoms with Gasteiger partial charge in [0, 0.05) is 10.9 Å². The Morgan fingerprint density at radius 3 is 2.66 bits per heavy atom. The molecule has 0 aliphatic heterocycles. The molecule has 2 aromatic rings. The minimum absolute atomic E-state index is 0.0734. The SMILES string of the molecule is Cc1ccc2cc(COC(=O)CC34C[C@@H]5C[C@@H](CC(O)(C5)C3)C4)c(Cl)nc2c1C. The Hall–Kier alpha value is -1.65. The summed E-state index contributed by atoms with van der Waals surface area (Å²) in [4.78, 5) is 17.3. The van der Waals surface area contributed by atoms with E-state index in [1.807, 2.05) is 19.1 Å². The van der Waals surface area contributed by atoms with Crippen LogP contribution in [-0.4, -0.2) is 21.7 Å². The monoisotopic (exact) mass is 413 g/mol. The zero-order chi connectivity index (χ0) is 20.4. The number of fused-ring (bicyclic) bond motifs is 1. The number of rotatable bonds is 4. The van der Waals surface area contributed by atoms with Gasteiger partial charge in [0.2, 0.25) is 0 Å². The molecule has 1 N–H and O–H groups in total. The molecule has 4 aliphatic carbocycles.